The van der Waals surface area contributed by atoms with Crippen LogP contribution in [0.4, 0.5) is 24.5 Å². The molecule has 100 valence electrons. The van der Waals surface area contributed by atoms with Gasteiger partial charge in [-0.3, -0.25) is 0 Å². The largest absolute Gasteiger partial charge is 0.416 e. The summed E-state index contributed by atoms with van der Waals surface area (Å²) in [6, 6.07) is 3.83. The minimum absolute atomic E-state index is 0.159. The molecule has 0 aliphatic heterocycles. The van der Waals surface area contributed by atoms with Crippen LogP contribution in [0, 0.1) is 5.92 Å². The number of hydrogen-bond donors (Lipinski definition) is 2. The zero-order valence-electron chi connectivity index (χ0n) is 10.2. The van der Waals surface area contributed by atoms with Crippen LogP contribution in [-0.2, 0) is 6.18 Å². The molecule has 1 aliphatic rings. The van der Waals surface area contributed by atoms with E-state index in [-0.39, 0.29) is 5.69 Å². The quantitative estimate of drug-likeness (QED) is 0.804. The lowest BCUT2D eigenvalue weighted by atomic mass is 10.1. The van der Waals surface area contributed by atoms with Crippen LogP contribution in [0.25, 0.3) is 0 Å². The number of nitrogens with one attached hydrogen (secondary N) is 1. The van der Waals surface area contributed by atoms with Gasteiger partial charge in [0.2, 0.25) is 0 Å². The predicted octanol–water partition coefficient (Wildman–Crippen LogP) is 3.89. The molecule has 0 amide bonds. The van der Waals surface area contributed by atoms with Gasteiger partial charge in [-0.05, 0) is 37.0 Å². The summed E-state index contributed by atoms with van der Waals surface area (Å²) in [7, 11) is 0. The highest BCUT2D eigenvalue weighted by Crippen LogP contribution is 2.39. The number of nitrogens with two attached hydrogens (primary N) is 1. The Morgan fingerprint density at radius 3 is 2.67 bits per heavy atom. The van der Waals surface area contributed by atoms with Crippen LogP contribution in [-0.4, -0.2) is 6.04 Å². The first kappa shape index (κ1) is 13.1. The molecule has 18 heavy (non-hydrogen) atoms. The van der Waals surface area contributed by atoms with Gasteiger partial charge in [0.15, 0.2) is 0 Å². The van der Waals surface area contributed by atoms with Crippen LogP contribution < -0.4 is 11.1 Å². The third kappa shape index (κ3) is 2.89. The fourth-order valence-electron chi connectivity index (χ4n) is 2.18. The molecule has 1 aliphatic carbocycles. The molecule has 1 aromatic carbocycles. The monoisotopic (exact) mass is 258 g/mol. The van der Waals surface area contributed by atoms with Crippen molar-refractivity contribution in [2.24, 2.45) is 5.92 Å². The molecule has 1 fully saturated rings. The summed E-state index contributed by atoms with van der Waals surface area (Å²) in [5.74, 6) is 0.636. The summed E-state index contributed by atoms with van der Waals surface area (Å²) in [6.45, 7) is 2.13. The Kier molecular flexibility index (Phi) is 3.41. The van der Waals surface area contributed by atoms with Crippen LogP contribution in [0.1, 0.15) is 31.7 Å². The fraction of sp³-hybridized carbons (Fsp3) is 0.538. The zero-order valence-corrected chi connectivity index (χ0v) is 10.2. The molecule has 2 atom stereocenters. The molecule has 1 saturated carbocycles. The average molecular weight is 258 g/mol. The van der Waals surface area contributed by atoms with Crippen LogP contribution in [0.5, 0.6) is 0 Å². The minimum atomic E-state index is -4.34. The molecule has 5 heteroatoms. The van der Waals surface area contributed by atoms with Gasteiger partial charge in [-0.2, -0.15) is 13.2 Å². The first-order chi connectivity index (χ1) is 8.41. The second-order valence-electron chi connectivity index (χ2n) is 4.84. The van der Waals surface area contributed by atoms with Crippen molar-refractivity contribution in [1.82, 2.24) is 0 Å². The first-order valence-corrected chi connectivity index (χ1v) is 6.15. The molecule has 0 aromatic heterocycles. The third-order valence-corrected chi connectivity index (χ3v) is 3.30. The van der Waals surface area contributed by atoms with E-state index in [1.54, 1.807) is 0 Å². The van der Waals surface area contributed by atoms with E-state index in [2.05, 4.69) is 12.2 Å². The molecule has 0 radical (unpaired) electrons. The standard InChI is InChI=1S/C13H17F3N2/c1-2-3-8-6-12(8)18-11-5-4-9(7-10(11)17)13(14,15)16/h4-5,7-8,12,18H,2-3,6,17H2,1H3. The summed E-state index contributed by atoms with van der Waals surface area (Å²) in [6.07, 6.45) is -0.977. The molecule has 0 saturated heterocycles. The van der Waals surface area contributed by atoms with Crippen LogP contribution in [0.2, 0.25) is 0 Å². The van der Waals surface area contributed by atoms with Gasteiger partial charge in [0.05, 0.1) is 16.9 Å². The maximum Gasteiger partial charge on any atom is 0.416 e. The number of halogens is 3. The van der Waals surface area contributed by atoms with E-state index >= 15 is 0 Å². The lowest BCUT2D eigenvalue weighted by Crippen LogP contribution is -2.10. The Hall–Kier alpha value is -1.39. The smallest absolute Gasteiger partial charge is 0.397 e. The van der Waals surface area contributed by atoms with Gasteiger partial charge in [0.25, 0.3) is 0 Å². The lowest BCUT2D eigenvalue weighted by molar-refractivity contribution is -0.137. The number of rotatable bonds is 4. The van der Waals surface area contributed by atoms with E-state index in [1.165, 1.54) is 6.07 Å². The Morgan fingerprint density at radius 2 is 2.11 bits per heavy atom. The Bertz CT molecular complexity index is 429. The van der Waals surface area contributed by atoms with Gasteiger partial charge in [-0.1, -0.05) is 13.3 Å². The van der Waals surface area contributed by atoms with E-state index in [4.69, 9.17) is 5.73 Å². The summed E-state index contributed by atoms with van der Waals surface area (Å²) in [4.78, 5) is 0. The maximum atomic E-state index is 12.5. The van der Waals surface area contributed by atoms with E-state index in [0.717, 1.165) is 31.4 Å². The topological polar surface area (TPSA) is 38.0 Å². The molecular formula is C13H17F3N2. The normalized spacial score (nSPS) is 22.9. The van der Waals surface area contributed by atoms with Gasteiger partial charge < -0.3 is 11.1 Å². The first-order valence-electron chi connectivity index (χ1n) is 6.15. The molecule has 2 rings (SSSR count). The van der Waals surface area contributed by atoms with Crippen LogP contribution in [0.3, 0.4) is 0 Å². The molecule has 0 bridgehead atoms. The SMILES string of the molecule is CCCC1CC1Nc1ccc(C(F)(F)F)cc1N. The number of alkyl halides is 3. The molecule has 0 spiro atoms. The van der Waals surface area contributed by atoms with Crippen LogP contribution >= 0.6 is 0 Å². The molecule has 2 unspecified atom stereocenters. The minimum Gasteiger partial charge on any atom is -0.397 e. The summed E-state index contributed by atoms with van der Waals surface area (Å²) in [5, 5.41) is 3.21. The average Bonchev–Trinajstić information content (AvgIpc) is 2.99. The summed E-state index contributed by atoms with van der Waals surface area (Å²) in [5.41, 5.74) is 5.71. The van der Waals surface area contributed by atoms with Crippen molar-refractivity contribution in [2.75, 3.05) is 11.1 Å². The maximum absolute atomic E-state index is 12.5. The predicted molar refractivity (Wildman–Crippen MR) is 66.3 cm³/mol. The molecule has 0 heterocycles. The number of nitrogen functional groups attached to an aromatic ring is 1. The Labute approximate surface area is 104 Å². The van der Waals surface area contributed by atoms with Crippen molar-refractivity contribution in [2.45, 2.75) is 38.4 Å². The van der Waals surface area contributed by atoms with Crippen LogP contribution in [0.15, 0.2) is 18.2 Å². The van der Waals surface area contributed by atoms with Crippen molar-refractivity contribution in [3.8, 4) is 0 Å². The number of benzene rings is 1. The van der Waals surface area contributed by atoms with Crippen molar-refractivity contribution >= 4 is 11.4 Å². The van der Waals surface area contributed by atoms with E-state index in [1.807, 2.05) is 0 Å². The van der Waals surface area contributed by atoms with Crippen molar-refractivity contribution in [1.29, 1.82) is 0 Å². The van der Waals surface area contributed by atoms with Gasteiger partial charge in [0, 0.05) is 6.04 Å². The second kappa shape index (κ2) is 4.71. The van der Waals surface area contributed by atoms with E-state index in [0.29, 0.717) is 17.6 Å². The third-order valence-electron chi connectivity index (χ3n) is 3.30. The Morgan fingerprint density at radius 1 is 1.39 bits per heavy atom. The highest BCUT2D eigenvalue weighted by molar-refractivity contribution is 5.68. The van der Waals surface area contributed by atoms with Gasteiger partial charge in [0.1, 0.15) is 0 Å². The summed E-state index contributed by atoms with van der Waals surface area (Å²) < 4.78 is 37.4. The second-order valence-corrected chi connectivity index (χ2v) is 4.84. The molecule has 3 N–H and O–H groups in total. The Balaban J connectivity index is 2.03. The van der Waals surface area contributed by atoms with Gasteiger partial charge >= 0.3 is 6.18 Å². The van der Waals surface area contributed by atoms with E-state index in [9.17, 15) is 13.2 Å². The van der Waals surface area contributed by atoms with Gasteiger partial charge in [-0.15, -0.1) is 0 Å². The van der Waals surface area contributed by atoms with Crippen molar-refractivity contribution < 1.29 is 13.2 Å². The lowest BCUT2D eigenvalue weighted by Gasteiger charge is -2.12. The number of hydrogen-bond acceptors (Lipinski definition) is 2. The highest BCUT2D eigenvalue weighted by atomic mass is 19.4. The highest BCUT2D eigenvalue weighted by Gasteiger charge is 2.36. The van der Waals surface area contributed by atoms with Crippen molar-refractivity contribution in [3.63, 3.8) is 0 Å². The van der Waals surface area contributed by atoms with E-state index < -0.39 is 11.7 Å². The van der Waals surface area contributed by atoms with Crippen molar-refractivity contribution in [3.05, 3.63) is 23.8 Å². The molecule has 2 nitrogen and oxygen atoms in total. The van der Waals surface area contributed by atoms with Gasteiger partial charge in [-0.25, -0.2) is 0 Å². The molecular weight excluding hydrogens is 241 g/mol. The molecule has 1 aromatic rings. The summed E-state index contributed by atoms with van der Waals surface area (Å²) >= 11 is 0. The fourth-order valence-corrected chi connectivity index (χ4v) is 2.18. The number of anilines is 2. The zero-order chi connectivity index (χ0) is 13.3.